The van der Waals surface area contributed by atoms with Crippen LogP contribution in [0.3, 0.4) is 0 Å². The summed E-state index contributed by atoms with van der Waals surface area (Å²) in [5.41, 5.74) is -1.80. The number of aliphatic hydroxyl groups excluding tert-OH is 11. The zero-order valence-corrected chi connectivity index (χ0v) is 31.8. The maximum absolute atomic E-state index is 14.1. The van der Waals surface area contributed by atoms with Gasteiger partial charge in [0.25, 0.3) is 0 Å². The third-order valence-corrected chi connectivity index (χ3v) is 15.0. The van der Waals surface area contributed by atoms with Crippen molar-refractivity contribution in [3.05, 3.63) is 12.2 Å². The highest BCUT2D eigenvalue weighted by molar-refractivity contribution is 5.77. The minimum atomic E-state index is -1.81. The minimum absolute atomic E-state index is 0.121. The van der Waals surface area contributed by atoms with E-state index < -0.39 is 129 Å². The summed E-state index contributed by atoms with van der Waals surface area (Å²) in [4.78, 5) is 14.1. The van der Waals surface area contributed by atoms with Gasteiger partial charge in [0.1, 0.15) is 73.2 Å². The van der Waals surface area contributed by atoms with Gasteiger partial charge in [-0.2, -0.15) is 0 Å². The van der Waals surface area contributed by atoms with Gasteiger partial charge in [-0.1, -0.05) is 19.9 Å². The molecule has 7 aliphatic rings. The maximum atomic E-state index is 14.1. The van der Waals surface area contributed by atoms with Crippen molar-refractivity contribution in [3.63, 3.8) is 0 Å². The van der Waals surface area contributed by atoms with Crippen molar-refractivity contribution in [2.45, 2.75) is 169 Å². The van der Waals surface area contributed by atoms with Gasteiger partial charge < -0.3 is 84.6 Å². The number of hydrogen-bond acceptors (Lipinski definition) is 18. The first-order chi connectivity index (χ1) is 26.4. The molecule has 0 amide bonds. The molecule has 11 N–H and O–H groups in total. The molecule has 320 valence electrons. The number of rotatable bonds is 9. The Kier molecular flexibility index (Phi) is 11.9. The van der Waals surface area contributed by atoms with Crippen LogP contribution in [0.25, 0.3) is 0 Å². The normalized spacial score (nSPS) is 54.6. The highest BCUT2D eigenvalue weighted by Gasteiger charge is 2.69. The summed E-state index contributed by atoms with van der Waals surface area (Å²) in [6.45, 7) is 6.52. The molecule has 3 aliphatic heterocycles. The van der Waals surface area contributed by atoms with Gasteiger partial charge >= 0.3 is 5.97 Å². The summed E-state index contributed by atoms with van der Waals surface area (Å²) in [5.74, 6) is -0.591. The molecule has 56 heavy (non-hydrogen) atoms. The van der Waals surface area contributed by atoms with Crippen molar-refractivity contribution in [2.75, 3.05) is 19.8 Å². The van der Waals surface area contributed by atoms with Gasteiger partial charge in [-0.15, -0.1) is 0 Å². The largest absolute Gasteiger partial charge is 0.432 e. The molecule has 0 aromatic heterocycles. The van der Waals surface area contributed by atoms with Gasteiger partial charge in [0, 0.05) is 0 Å². The SMILES string of the molecule is C=C1CC23CC[C@@H]4[C@](C)(C(=O)OC5OC(CO)C(O)C(O)C5O)CCC[C@@]4(C)C2CCC1(OC1OC(CO)C(O)C(O)C1OC1OC(CO)C(O)C(O)C1O)C3. The van der Waals surface area contributed by atoms with E-state index in [9.17, 15) is 61.0 Å². The van der Waals surface area contributed by atoms with E-state index in [-0.39, 0.29) is 22.7 Å². The van der Waals surface area contributed by atoms with Gasteiger partial charge in [0.15, 0.2) is 12.6 Å². The van der Waals surface area contributed by atoms with Crippen LogP contribution in [0.1, 0.15) is 71.6 Å². The Bertz CT molecular complexity index is 1450. The molecule has 1 spiro atoms. The molecule has 2 bridgehead atoms. The highest BCUT2D eigenvalue weighted by Crippen LogP contribution is 2.73. The molecule has 4 saturated carbocycles. The van der Waals surface area contributed by atoms with Gasteiger partial charge in [-0.3, -0.25) is 4.79 Å². The lowest BCUT2D eigenvalue weighted by Gasteiger charge is -2.64. The van der Waals surface area contributed by atoms with Crippen molar-refractivity contribution >= 4 is 5.97 Å². The Hall–Kier alpha value is -1.43. The molecule has 7 fully saturated rings. The van der Waals surface area contributed by atoms with Crippen LogP contribution in [0.15, 0.2) is 12.2 Å². The van der Waals surface area contributed by atoms with Crippen LogP contribution in [0.5, 0.6) is 0 Å². The molecule has 0 aromatic rings. The van der Waals surface area contributed by atoms with Crippen LogP contribution in [-0.2, 0) is 33.2 Å². The van der Waals surface area contributed by atoms with E-state index in [1.807, 2.05) is 6.92 Å². The molecule has 0 aromatic carbocycles. The van der Waals surface area contributed by atoms with E-state index in [4.69, 9.17) is 28.4 Å². The maximum Gasteiger partial charge on any atom is 0.314 e. The third kappa shape index (κ3) is 6.69. The average Bonchev–Trinajstić information content (AvgIpc) is 3.37. The van der Waals surface area contributed by atoms with Crippen molar-refractivity contribution in [2.24, 2.45) is 28.1 Å². The Morgan fingerprint density at radius 2 is 1.21 bits per heavy atom. The van der Waals surface area contributed by atoms with Crippen LogP contribution in [0.2, 0.25) is 0 Å². The molecule has 4 aliphatic carbocycles. The summed E-state index contributed by atoms with van der Waals surface area (Å²) in [7, 11) is 0. The Morgan fingerprint density at radius 3 is 1.82 bits per heavy atom. The molecule has 7 rings (SSSR count). The number of carbonyl (C=O) groups is 1. The first-order valence-corrected chi connectivity index (χ1v) is 19.9. The number of carbonyl (C=O) groups excluding carboxylic acids is 1. The van der Waals surface area contributed by atoms with E-state index in [1.165, 1.54) is 0 Å². The van der Waals surface area contributed by atoms with Crippen LogP contribution >= 0.6 is 0 Å². The monoisotopic (exact) mass is 804 g/mol. The van der Waals surface area contributed by atoms with Crippen LogP contribution < -0.4 is 0 Å². The second-order valence-electron chi connectivity index (χ2n) is 18.0. The quantitative estimate of drug-likeness (QED) is 0.0631. The predicted molar refractivity (Wildman–Crippen MR) is 186 cm³/mol. The lowest BCUT2D eigenvalue weighted by molar-refractivity contribution is -0.378. The predicted octanol–water partition coefficient (Wildman–Crippen LogP) is -2.94. The molecule has 21 atom stereocenters. The topological polar surface area (TPSA) is 295 Å². The summed E-state index contributed by atoms with van der Waals surface area (Å²) in [5, 5.41) is 114. The lowest BCUT2D eigenvalue weighted by Crippen LogP contribution is -2.65. The second kappa shape index (κ2) is 15.6. The zero-order valence-electron chi connectivity index (χ0n) is 31.8. The highest BCUT2D eigenvalue weighted by atomic mass is 16.8. The molecular formula is C38H60O18. The van der Waals surface area contributed by atoms with Crippen molar-refractivity contribution in [3.8, 4) is 0 Å². The third-order valence-electron chi connectivity index (χ3n) is 15.0. The zero-order chi connectivity index (χ0) is 40.7. The number of ether oxygens (including phenoxy) is 6. The Morgan fingerprint density at radius 1 is 0.679 bits per heavy atom. The molecule has 18 nitrogen and oxygen atoms in total. The van der Waals surface area contributed by atoms with E-state index in [1.54, 1.807) is 0 Å². The first-order valence-electron chi connectivity index (χ1n) is 19.9. The van der Waals surface area contributed by atoms with Gasteiger partial charge in [-0.25, -0.2) is 0 Å². The average molecular weight is 805 g/mol. The van der Waals surface area contributed by atoms with Crippen LogP contribution in [0.4, 0.5) is 0 Å². The number of aliphatic hydroxyl groups is 11. The number of hydrogen-bond donors (Lipinski definition) is 11. The van der Waals surface area contributed by atoms with Gasteiger partial charge in [-0.05, 0) is 86.5 Å². The molecule has 3 saturated heterocycles. The lowest BCUT2D eigenvalue weighted by atomic mass is 9.41. The van der Waals surface area contributed by atoms with E-state index in [0.717, 1.165) is 18.4 Å². The van der Waals surface area contributed by atoms with Gasteiger partial charge in [0.05, 0.1) is 30.8 Å². The fourth-order valence-electron chi connectivity index (χ4n) is 12.0. The van der Waals surface area contributed by atoms with Crippen molar-refractivity contribution in [1.29, 1.82) is 0 Å². The van der Waals surface area contributed by atoms with E-state index in [0.29, 0.717) is 44.9 Å². The first kappa shape index (κ1) is 42.7. The fraction of sp³-hybridized carbons (Fsp3) is 0.921. The van der Waals surface area contributed by atoms with E-state index >= 15 is 0 Å². The second-order valence-corrected chi connectivity index (χ2v) is 18.0. The smallest absolute Gasteiger partial charge is 0.314 e. The van der Waals surface area contributed by atoms with Crippen LogP contribution in [-0.4, -0.2) is 180 Å². The Balaban J connectivity index is 1.10. The summed E-state index contributed by atoms with van der Waals surface area (Å²) >= 11 is 0. The summed E-state index contributed by atoms with van der Waals surface area (Å²) in [6.07, 6.45) is -17.8. The minimum Gasteiger partial charge on any atom is -0.432 e. The Labute approximate surface area is 324 Å². The van der Waals surface area contributed by atoms with Crippen molar-refractivity contribution < 1.29 is 89.4 Å². The van der Waals surface area contributed by atoms with Crippen molar-refractivity contribution in [1.82, 2.24) is 0 Å². The fourth-order valence-corrected chi connectivity index (χ4v) is 12.0. The standard InChI is InChI=1S/C38H60O18/c1-16-11-37-9-5-20-35(2,7-4-8-36(20,3)34(50)55-32-29(49)26(46)23(43)18(13-40)52-32)21(37)6-10-38(16,15-37)56-33-30(27(47)24(44)19(14-41)53-33)54-31-28(48)25(45)22(42)17(12-39)51-31/h17-33,39-49H,1,4-15H2,2-3H3/t17?,18?,19?,20-,21?,22?,23?,24?,25?,26?,27?,28?,29?,30?,31?,32?,33?,35+,36+,37?,38?/m0/s1. The number of fused-ring (bicyclic) bond motifs is 3. The molecule has 0 radical (unpaired) electrons. The number of esters is 1. The van der Waals surface area contributed by atoms with Gasteiger partial charge in [0.2, 0.25) is 6.29 Å². The molecule has 18 heteroatoms. The molecular weight excluding hydrogens is 744 g/mol. The molecule has 3 heterocycles. The summed E-state index contributed by atoms with van der Waals surface area (Å²) < 4.78 is 35.6. The molecule has 18 unspecified atom stereocenters. The van der Waals surface area contributed by atoms with Crippen LogP contribution in [0, 0.1) is 28.1 Å². The summed E-state index contributed by atoms with van der Waals surface area (Å²) in [6, 6.07) is 0. The van der Waals surface area contributed by atoms with E-state index in [2.05, 4.69) is 13.5 Å².